The zero-order valence-corrected chi connectivity index (χ0v) is 54.6. The topological polar surface area (TPSA) is 78.9 Å². The van der Waals surface area contributed by atoms with Crippen molar-refractivity contribution in [2.45, 2.75) is 431 Å². The lowest BCUT2D eigenvalue weighted by atomic mass is 10.0. The molecule has 0 aromatic carbocycles. The van der Waals surface area contributed by atoms with Crippen molar-refractivity contribution in [1.82, 2.24) is 0 Å². The Hall–Kier alpha value is -1.85. The smallest absolute Gasteiger partial charge is 0.306 e. The molecular formula is C74H142O6. The molecule has 1 unspecified atom stereocenters. The summed E-state index contributed by atoms with van der Waals surface area (Å²) >= 11 is 0. The molecule has 1 atom stereocenters. The third kappa shape index (κ3) is 66.9. The van der Waals surface area contributed by atoms with E-state index in [-0.39, 0.29) is 31.1 Å². The van der Waals surface area contributed by atoms with E-state index in [0.717, 1.165) is 64.2 Å². The van der Waals surface area contributed by atoms with Gasteiger partial charge in [-0.3, -0.25) is 14.4 Å². The minimum absolute atomic E-state index is 0.0655. The highest BCUT2D eigenvalue weighted by molar-refractivity contribution is 5.71. The van der Waals surface area contributed by atoms with Crippen molar-refractivity contribution in [2.24, 2.45) is 0 Å². The number of hydrogen-bond acceptors (Lipinski definition) is 6. The second-order valence-electron chi connectivity index (χ2n) is 25.2. The van der Waals surface area contributed by atoms with Gasteiger partial charge in [0.2, 0.25) is 0 Å². The molecule has 0 aliphatic carbocycles. The van der Waals surface area contributed by atoms with Gasteiger partial charge in [-0.2, -0.15) is 0 Å². The van der Waals surface area contributed by atoms with Gasteiger partial charge in [0.1, 0.15) is 13.2 Å². The molecule has 0 rings (SSSR count). The Kier molecular flexibility index (Phi) is 68.0. The van der Waals surface area contributed by atoms with Gasteiger partial charge in [0.25, 0.3) is 0 Å². The van der Waals surface area contributed by atoms with Crippen LogP contribution < -0.4 is 0 Å². The van der Waals surface area contributed by atoms with Crippen LogP contribution in [0.4, 0.5) is 0 Å². The molecule has 474 valence electrons. The zero-order valence-electron chi connectivity index (χ0n) is 54.6. The predicted octanol–water partition coefficient (Wildman–Crippen LogP) is 25.2. The van der Waals surface area contributed by atoms with Crippen molar-refractivity contribution < 1.29 is 28.6 Å². The normalized spacial score (nSPS) is 12.0. The van der Waals surface area contributed by atoms with Crippen LogP contribution in [0.3, 0.4) is 0 Å². The van der Waals surface area contributed by atoms with Crippen molar-refractivity contribution in [3.05, 3.63) is 12.2 Å². The Morgan fingerprint density at radius 3 is 0.625 bits per heavy atom. The molecule has 0 aliphatic heterocycles. The van der Waals surface area contributed by atoms with Crippen LogP contribution in [0, 0.1) is 0 Å². The summed E-state index contributed by atoms with van der Waals surface area (Å²) in [5, 5.41) is 0. The average molecular weight is 1130 g/mol. The summed E-state index contributed by atoms with van der Waals surface area (Å²) < 4.78 is 17.0. The first kappa shape index (κ1) is 78.1. The van der Waals surface area contributed by atoms with E-state index in [4.69, 9.17) is 14.2 Å². The fourth-order valence-electron chi connectivity index (χ4n) is 11.5. The highest BCUT2D eigenvalue weighted by Crippen LogP contribution is 2.19. The SMILES string of the molecule is CCCCCCC/C=C\CCCCCCCC(=O)OCC(COC(=O)CCCCCCCCCCCCCCCCCCCCCCCCCCC)OC(=O)CCCCCCCCCCCCCCCCCCCCCCCCC. The lowest BCUT2D eigenvalue weighted by molar-refractivity contribution is -0.167. The molecule has 0 saturated carbocycles. The summed E-state index contributed by atoms with van der Waals surface area (Å²) in [6, 6.07) is 0. The first-order valence-corrected chi connectivity index (χ1v) is 36.7. The molecule has 0 aromatic heterocycles. The Morgan fingerprint density at radius 1 is 0.237 bits per heavy atom. The standard InChI is InChI=1S/C74H142O6/c1-4-7-10-13-16-19-22-25-28-30-32-34-36-37-39-40-42-44-46-49-52-55-58-61-64-67-73(76)79-70-71(69-78-72(75)66-63-60-57-54-51-48-27-24-21-18-15-12-9-6-3)80-74(77)68-65-62-59-56-53-50-47-45-43-41-38-35-33-31-29-26-23-20-17-14-11-8-5-2/h24,27,71H,4-23,25-26,28-70H2,1-3H3/b27-24-. The van der Waals surface area contributed by atoms with Gasteiger partial charge in [-0.15, -0.1) is 0 Å². The number of carbonyl (C=O) groups is 3. The minimum Gasteiger partial charge on any atom is -0.462 e. The highest BCUT2D eigenvalue weighted by atomic mass is 16.6. The molecule has 80 heavy (non-hydrogen) atoms. The van der Waals surface area contributed by atoms with Crippen LogP contribution in [-0.2, 0) is 28.6 Å². The summed E-state index contributed by atoms with van der Waals surface area (Å²) in [4.78, 5) is 38.5. The number of unbranched alkanes of at least 4 members (excludes halogenated alkanes) is 56. The van der Waals surface area contributed by atoms with Gasteiger partial charge < -0.3 is 14.2 Å². The van der Waals surface area contributed by atoms with Crippen molar-refractivity contribution >= 4 is 17.9 Å². The molecule has 0 heterocycles. The zero-order chi connectivity index (χ0) is 57.8. The number of ether oxygens (including phenoxy) is 3. The van der Waals surface area contributed by atoms with Gasteiger partial charge in [-0.1, -0.05) is 373 Å². The molecule has 0 saturated heterocycles. The molecule has 0 aromatic rings. The molecule has 0 aliphatic rings. The van der Waals surface area contributed by atoms with Crippen LogP contribution in [0.15, 0.2) is 12.2 Å². The average Bonchev–Trinajstić information content (AvgIpc) is 3.46. The summed E-state index contributed by atoms with van der Waals surface area (Å²) in [5.74, 6) is -0.837. The van der Waals surface area contributed by atoms with Crippen LogP contribution in [0.1, 0.15) is 425 Å². The summed E-state index contributed by atoms with van der Waals surface area (Å²) in [6.07, 6.45) is 84.0. The van der Waals surface area contributed by atoms with Gasteiger partial charge in [-0.05, 0) is 44.9 Å². The fourth-order valence-corrected chi connectivity index (χ4v) is 11.5. The van der Waals surface area contributed by atoms with Gasteiger partial charge in [-0.25, -0.2) is 0 Å². The van der Waals surface area contributed by atoms with Crippen LogP contribution in [0.2, 0.25) is 0 Å². The number of carbonyl (C=O) groups excluding carboxylic acids is 3. The molecule has 0 radical (unpaired) electrons. The minimum atomic E-state index is -0.770. The fraction of sp³-hybridized carbons (Fsp3) is 0.932. The maximum atomic E-state index is 13.0. The third-order valence-electron chi connectivity index (χ3n) is 17.0. The van der Waals surface area contributed by atoms with Crippen molar-refractivity contribution in [3.8, 4) is 0 Å². The van der Waals surface area contributed by atoms with Crippen molar-refractivity contribution in [1.29, 1.82) is 0 Å². The molecule has 6 nitrogen and oxygen atoms in total. The number of hydrogen-bond donors (Lipinski definition) is 0. The monoisotopic (exact) mass is 1130 g/mol. The molecule has 0 amide bonds. The lowest BCUT2D eigenvalue weighted by Crippen LogP contribution is -2.30. The first-order chi connectivity index (χ1) is 39.5. The maximum absolute atomic E-state index is 13.0. The molecule has 0 N–H and O–H groups in total. The van der Waals surface area contributed by atoms with E-state index >= 15 is 0 Å². The van der Waals surface area contributed by atoms with E-state index in [1.54, 1.807) is 0 Å². The summed E-state index contributed by atoms with van der Waals surface area (Å²) in [5.41, 5.74) is 0. The van der Waals surface area contributed by atoms with E-state index in [0.29, 0.717) is 19.3 Å². The number of allylic oxidation sites excluding steroid dienone is 2. The van der Waals surface area contributed by atoms with Crippen molar-refractivity contribution in [3.63, 3.8) is 0 Å². The molecular weight excluding hydrogens is 985 g/mol. The highest BCUT2D eigenvalue weighted by Gasteiger charge is 2.20. The Balaban J connectivity index is 4.21. The van der Waals surface area contributed by atoms with Crippen LogP contribution in [-0.4, -0.2) is 37.2 Å². The van der Waals surface area contributed by atoms with Gasteiger partial charge in [0.05, 0.1) is 0 Å². The van der Waals surface area contributed by atoms with Crippen molar-refractivity contribution in [2.75, 3.05) is 13.2 Å². The summed E-state index contributed by atoms with van der Waals surface area (Å²) in [7, 11) is 0. The molecule has 0 fully saturated rings. The second-order valence-corrected chi connectivity index (χ2v) is 25.2. The molecule has 0 spiro atoms. The predicted molar refractivity (Wildman–Crippen MR) is 349 cm³/mol. The Bertz CT molecular complexity index is 1250. The van der Waals surface area contributed by atoms with Gasteiger partial charge in [0.15, 0.2) is 6.10 Å². The van der Waals surface area contributed by atoms with Crippen LogP contribution >= 0.6 is 0 Å². The number of rotatable bonds is 69. The van der Waals surface area contributed by atoms with E-state index in [9.17, 15) is 14.4 Å². The van der Waals surface area contributed by atoms with Crippen LogP contribution in [0.25, 0.3) is 0 Å². The molecule has 6 heteroatoms. The first-order valence-electron chi connectivity index (χ1n) is 36.7. The lowest BCUT2D eigenvalue weighted by Gasteiger charge is -2.18. The third-order valence-corrected chi connectivity index (χ3v) is 17.0. The quantitative estimate of drug-likeness (QED) is 0.0261. The molecule has 0 bridgehead atoms. The van der Waals surface area contributed by atoms with E-state index in [1.165, 1.54) is 321 Å². The van der Waals surface area contributed by atoms with E-state index in [2.05, 4.69) is 32.9 Å². The Morgan fingerprint density at radius 2 is 0.412 bits per heavy atom. The van der Waals surface area contributed by atoms with Gasteiger partial charge >= 0.3 is 17.9 Å². The van der Waals surface area contributed by atoms with E-state index in [1.807, 2.05) is 0 Å². The second kappa shape index (κ2) is 69.6. The summed E-state index contributed by atoms with van der Waals surface area (Å²) in [6.45, 7) is 6.72. The maximum Gasteiger partial charge on any atom is 0.306 e. The van der Waals surface area contributed by atoms with E-state index < -0.39 is 6.10 Å². The Labute approximate surface area is 501 Å². The van der Waals surface area contributed by atoms with Crippen LogP contribution in [0.5, 0.6) is 0 Å². The largest absolute Gasteiger partial charge is 0.462 e. The van der Waals surface area contributed by atoms with Gasteiger partial charge in [0, 0.05) is 19.3 Å². The number of esters is 3.